The third-order valence-corrected chi connectivity index (χ3v) is 2.75. The van der Waals surface area contributed by atoms with Crippen LogP contribution in [-0.4, -0.2) is 7.05 Å². The Kier molecular flexibility index (Phi) is 4.85. The van der Waals surface area contributed by atoms with Gasteiger partial charge in [-0.15, -0.1) is 0 Å². The second-order valence-electron chi connectivity index (χ2n) is 5.43. The Hall–Kier alpha value is -0.980. The molecule has 0 amide bonds. The Balaban J connectivity index is 2.96. The molecular formula is C15H25N. The average molecular weight is 219 g/mol. The van der Waals surface area contributed by atoms with Crippen LogP contribution in [0.3, 0.4) is 0 Å². The molecule has 0 bridgehead atoms. The van der Waals surface area contributed by atoms with Crippen LogP contribution in [0, 0.1) is 11.8 Å². The maximum absolute atomic E-state index is 3.22. The average Bonchev–Trinajstić information content (AvgIpc) is 2.19. The van der Waals surface area contributed by atoms with Crippen LogP contribution < -0.4 is 5.32 Å². The molecule has 1 rings (SSSR count). The molecule has 0 fully saturated rings. The molecule has 1 N–H and O–H groups in total. The summed E-state index contributed by atoms with van der Waals surface area (Å²) < 4.78 is 0. The van der Waals surface area contributed by atoms with Crippen LogP contribution in [0.25, 0.3) is 0 Å². The lowest BCUT2D eigenvalue weighted by Crippen LogP contribution is -2.04. The number of nitrogens with one attached hydrogen (secondary N) is 1. The monoisotopic (exact) mass is 219 g/mol. The van der Waals surface area contributed by atoms with Crippen molar-refractivity contribution >= 4 is 5.69 Å². The second kappa shape index (κ2) is 5.93. The number of hydrogen-bond donors (Lipinski definition) is 1. The summed E-state index contributed by atoms with van der Waals surface area (Å²) in [5.41, 5.74) is 4.25. The summed E-state index contributed by atoms with van der Waals surface area (Å²) >= 11 is 0. The fourth-order valence-electron chi connectivity index (χ4n) is 2.05. The highest BCUT2D eigenvalue weighted by Gasteiger charge is 2.07. The van der Waals surface area contributed by atoms with Gasteiger partial charge in [0.2, 0.25) is 0 Å². The molecule has 0 aliphatic carbocycles. The van der Waals surface area contributed by atoms with Crippen LogP contribution in [-0.2, 0) is 12.8 Å². The number of anilines is 1. The lowest BCUT2D eigenvalue weighted by Gasteiger charge is -2.15. The van der Waals surface area contributed by atoms with E-state index in [4.69, 9.17) is 0 Å². The Morgan fingerprint density at radius 1 is 0.938 bits per heavy atom. The molecule has 1 aromatic rings. The predicted molar refractivity (Wildman–Crippen MR) is 73.1 cm³/mol. The van der Waals surface area contributed by atoms with Crippen LogP contribution >= 0.6 is 0 Å². The van der Waals surface area contributed by atoms with E-state index in [1.54, 1.807) is 0 Å². The van der Waals surface area contributed by atoms with Crippen molar-refractivity contribution in [2.45, 2.75) is 40.5 Å². The minimum atomic E-state index is 0.720. The largest absolute Gasteiger partial charge is 0.388 e. The highest BCUT2D eigenvalue weighted by atomic mass is 14.8. The van der Waals surface area contributed by atoms with E-state index >= 15 is 0 Å². The Morgan fingerprint density at radius 2 is 1.50 bits per heavy atom. The maximum Gasteiger partial charge on any atom is 0.0340 e. The number of rotatable bonds is 5. The topological polar surface area (TPSA) is 12.0 Å². The van der Waals surface area contributed by atoms with Gasteiger partial charge in [-0.2, -0.15) is 0 Å². The maximum atomic E-state index is 3.22. The van der Waals surface area contributed by atoms with Gasteiger partial charge in [-0.3, -0.25) is 0 Å². The van der Waals surface area contributed by atoms with Crippen molar-refractivity contribution in [3.8, 4) is 0 Å². The molecule has 0 heterocycles. The molecular weight excluding hydrogens is 194 g/mol. The van der Waals surface area contributed by atoms with Gasteiger partial charge in [0.1, 0.15) is 0 Å². The summed E-state index contributed by atoms with van der Waals surface area (Å²) in [7, 11) is 1.98. The van der Waals surface area contributed by atoms with Crippen molar-refractivity contribution in [2.75, 3.05) is 12.4 Å². The molecule has 0 spiro atoms. The van der Waals surface area contributed by atoms with E-state index in [1.807, 2.05) is 7.05 Å². The van der Waals surface area contributed by atoms with Crippen molar-refractivity contribution in [1.82, 2.24) is 0 Å². The van der Waals surface area contributed by atoms with Crippen LogP contribution in [0.2, 0.25) is 0 Å². The summed E-state index contributed by atoms with van der Waals surface area (Å²) in [5, 5.41) is 3.22. The van der Waals surface area contributed by atoms with E-state index < -0.39 is 0 Å². The van der Waals surface area contributed by atoms with Crippen LogP contribution in [0.5, 0.6) is 0 Å². The van der Waals surface area contributed by atoms with Gasteiger partial charge in [0.25, 0.3) is 0 Å². The van der Waals surface area contributed by atoms with Crippen molar-refractivity contribution in [1.29, 1.82) is 0 Å². The van der Waals surface area contributed by atoms with Gasteiger partial charge in [-0.05, 0) is 47.9 Å². The molecule has 0 atom stereocenters. The van der Waals surface area contributed by atoms with Gasteiger partial charge in [0.15, 0.2) is 0 Å². The molecule has 90 valence electrons. The Morgan fingerprint density at radius 3 is 2.00 bits per heavy atom. The highest BCUT2D eigenvalue weighted by molar-refractivity contribution is 5.48. The van der Waals surface area contributed by atoms with E-state index in [2.05, 4.69) is 51.2 Å². The molecule has 0 saturated carbocycles. The van der Waals surface area contributed by atoms with Gasteiger partial charge < -0.3 is 5.32 Å². The molecule has 1 heteroatoms. The molecule has 16 heavy (non-hydrogen) atoms. The lowest BCUT2D eigenvalue weighted by atomic mass is 9.92. The van der Waals surface area contributed by atoms with Crippen molar-refractivity contribution in [3.05, 3.63) is 29.3 Å². The third kappa shape index (κ3) is 3.88. The quantitative estimate of drug-likeness (QED) is 0.785. The van der Waals surface area contributed by atoms with Crippen LogP contribution in [0.15, 0.2) is 18.2 Å². The van der Waals surface area contributed by atoms with Gasteiger partial charge in [-0.25, -0.2) is 0 Å². The summed E-state index contributed by atoms with van der Waals surface area (Å²) in [6.07, 6.45) is 2.36. The standard InChI is InChI=1S/C15H25N/c1-11(2)8-13-6-7-15(16-5)10-14(13)9-12(3)4/h6-7,10-12,16H,8-9H2,1-5H3. The smallest absolute Gasteiger partial charge is 0.0340 e. The van der Waals surface area contributed by atoms with Gasteiger partial charge in [-0.1, -0.05) is 33.8 Å². The molecule has 1 aromatic carbocycles. The minimum Gasteiger partial charge on any atom is -0.388 e. The molecule has 0 aromatic heterocycles. The minimum absolute atomic E-state index is 0.720. The molecule has 0 unspecified atom stereocenters. The first kappa shape index (κ1) is 13.1. The zero-order valence-corrected chi connectivity index (χ0v) is 11.3. The van der Waals surface area contributed by atoms with Crippen molar-refractivity contribution < 1.29 is 0 Å². The first-order valence-corrected chi connectivity index (χ1v) is 6.32. The van der Waals surface area contributed by atoms with E-state index in [1.165, 1.54) is 29.7 Å². The Bertz CT molecular complexity index is 326. The van der Waals surface area contributed by atoms with Crippen molar-refractivity contribution in [3.63, 3.8) is 0 Å². The van der Waals surface area contributed by atoms with Crippen molar-refractivity contribution in [2.24, 2.45) is 11.8 Å². The number of hydrogen-bond acceptors (Lipinski definition) is 1. The second-order valence-corrected chi connectivity index (χ2v) is 5.43. The predicted octanol–water partition coefficient (Wildman–Crippen LogP) is 4.13. The molecule has 0 saturated heterocycles. The van der Waals surface area contributed by atoms with Gasteiger partial charge in [0, 0.05) is 12.7 Å². The third-order valence-electron chi connectivity index (χ3n) is 2.75. The fourth-order valence-corrected chi connectivity index (χ4v) is 2.05. The van der Waals surface area contributed by atoms with E-state index in [0.29, 0.717) is 0 Å². The zero-order valence-electron chi connectivity index (χ0n) is 11.3. The molecule has 0 radical (unpaired) electrons. The van der Waals surface area contributed by atoms with Gasteiger partial charge >= 0.3 is 0 Å². The Labute approximate surface area is 100 Å². The van der Waals surface area contributed by atoms with E-state index in [0.717, 1.165) is 11.8 Å². The zero-order chi connectivity index (χ0) is 12.1. The summed E-state index contributed by atoms with van der Waals surface area (Å²) in [5.74, 6) is 1.45. The molecule has 1 nitrogen and oxygen atoms in total. The number of benzene rings is 1. The lowest BCUT2D eigenvalue weighted by molar-refractivity contribution is 0.616. The van der Waals surface area contributed by atoms with Gasteiger partial charge in [0.05, 0.1) is 0 Å². The molecule has 0 aliphatic heterocycles. The fraction of sp³-hybridized carbons (Fsp3) is 0.600. The van der Waals surface area contributed by atoms with E-state index in [-0.39, 0.29) is 0 Å². The normalized spacial score (nSPS) is 11.2. The summed E-state index contributed by atoms with van der Waals surface area (Å²) in [6, 6.07) is 6.77. The summed E-state index contributed by atoms with van der Waals surface area (Å²) in [6.45, 7) is 9.13. The first-order valence-electron chi connectivity index (χ1n) is 6.32. The van der Waals surface area contributed by atoms with Crippen LogP contribution in [0.4, 0.5) is 5.69 Å². The van der Waals surface area contributed by atoms with E-state index in [9.17, 15) is 0 Å². The highest BCUT2D eigenvalue weighted by Crippen LogP contribution is 2.21. The first-order chi connectivity index (χ1) is 7.52. The molecule has 0 aliphatic rings. The summed E-state index contributed by atoms with van der Waals surface area (Å²) in [4.78, 5) is 0. The SMILES string of the molecule is CNc1ccc(CC(C)C)c(CC(C)C)c1. The van der Waals surface area contributed by atoms with Crippen LogP contribution in [0.1, 0.15) is 38.8 Å².